The smallest absolute Gasteiger partial charge is 0.265 e. The van der Waals surface area contributed by atoms with Crippen molar-refractivity contribution in [3.05, 3.63) is 48.0 Å². The van der Waals surface area contributed by atoms with E-state index in [1.54, 1.807) is 31.2 Å². The molecule has 7 nitrogen and oxygen atoms in total. The zero-order chi connectivity index (χ0) is 18.3. The van der Waals surface area contributed by atoms with Gasteiger partial charge in [0.25, 0.3) is 5.91 Å². The summed E-state index contributed by atoms with van der Waals surface area (Å²) in [6, 6.07) is 12.3. The van der Waals surface area contributed by atoms with Crippen molar-refractivity contribution < 1.29 is 19.1 Å². The van der Waals surface area contributed by atoms with Crippen molar-refractivity contribution in [3.63, 3.8) is 0 Å². The Kier molecular flexibility index (Phi) is 3.84. The van der Waals surface area contributed by atoms with Gasteiger partial charge in [-0.05, 0) is 36.8 Å². The van der Waals surface area contributed by atoms with E-state index in [-0.39, 0.29) is 24.1 Å². The van der Waals surface area contributed by atoms with Gasteiger partial charge >= 0.3 is 0 Å². The van der Waals surface area contributed by atoms with Gasteiger partial charge in [-0.2, -0.15) is 0 Å². The van der Waals surface area contributed by atoms with E-state index in [0.29, 0.717) is 22.8 Å². The Hall–Kier alpha value is -3.35. The lowest BCUT2D eigenvalue weighted by Gasteiger charge is -2.26. The lowest BCUT2D eigenvalue weighted by atomic mass is 9.90. The van der Waals surface area contributed by atoms with Crippen LogP contribution in [0.15, 0.2) is 42.5 Å². The highest BCUT2D eigenvalue weighted by atomic mass is 16.5. The maximum absolute atomic E-state index is 12.8. The van der Waals surface area contributed by atoms with E-state index < -0.39 is 12.0 Å². The second-order valence-electron chi connectivity index (χ2n) is 6.34. The van der Waals surface area contributed by atoms with Gasteiger partial charge in [0.2, 0.25) is 11.8 Å². The molecule has 0 aromatic heterocycles. The highest BCUT2D eigenvalue weighted by molar-refractivity contribution is 6.05. The monoisotopic (exact) mass is 351 g/mol. The number of amides is 3. The highest BCUT2D eigenvalue weighted by Crippen LogP contribution is 2.35. The number of hydrogen-bond donors (Lipinski definition) is 3. The zero-order valence-corrected chi connectivity index (χ0v) is 14.0. The maximum atomic E-state index is 12.8. The molecule has 0 spiro atoms. The van der Waals surface area contributed by atoms with E-state index in [0.717, 1.165) is 5.56 Å². The van der Waals surface area contributed by atoms with Crippen LogP contribution in [0.1, 0.15) is 24.8 Å². The Morgan fingerprint density at radius 1 is 1.12 bits per heavy atom. The molecular weight excluding hydrogens is 334 g/mol. The Labute approximate surface area is 149 Å². The number of carbonyl (C=O) groups is 3. The Bertz CT molecular complexity index is 925. The molecule has 0 aliphatic carbocycles. The van der Waals surface area contributed by atoms with Crippen molar-refractivity contribution in [3.8, 4) is 5.75 Å². The third-order valence-electron chi connectivity index (χ3n) is 4.49. The van der Waals surface area contributed by atoms with Crippen molar-refractivity contribution in [1.82, 2.24) is 0 Å². The summed E-state index contributed by atoms with van der Waals surface area (Å²) in [6.07, 6.45) is -0.467. The molecule has 26 heavy (non-hydrogen) atoms. The highest BCUT2D eigenvalue weighted by Gasteiger charge is 2.31. The predicted octanol–water partition coefficient (Wildman–Crippen LogP) is 2.47. The molecule has 0 saturated heterocycles. The van der Waals surface area contributed by atoms with Crippen molar-refractivity contribution >= 4 is 34.8 Å². The predicted molar refractivity (Wildman–Crippen MR) is 96.2 cm³/mol. The van der Waals surface area contributed by atoms with Gasteiger partial charge in [-0.25, -0.2) is 0 Å². The summed E-state index contributed by atoms with van der Waals surface area (Å²) in [4.78, 5) is 36.4. The second-order valence-corrected chi connectivity index (χ2v) is 6.34. The summed E-state index contributed by atoms with van der Waals surface area (Å²) in [6.45, 7) is 1.67. The fourth-order valence-electron chi connectivity index (χ4n) is 3.16. The largest absolute Gasteiger partial charge is 0.479 e. The average Bonchev–Trinajstić information content (AvgIpc) is 2.62. The minimum atomic E-state index is -0.568. The SMILES string of the molecule is C[C@H]1Oc2ccc(NC(=O)[C@@H]3CC(=O)Nc4ccccc43)cc2NC1=O. The van der Waals surface area contributed by atoms with Crippen LogP contribution >= 0.6 is 0 Å². The van der Waals surface area contributed by atoms with Crippen molar-refractivity contribution in [2.24, 2.45) is 0 Å². The molecule has 2 aromatic rings. The molecule has 7 heteroatoms. The number of benzene rings is 2. The number of carbonyl (C=O) groups excluding carboxylic acids is 3. The minimum absolute atomic E-state index is 0.0884. The average molecular weight is 351 g/mol. The first-order valence-corrected chi connectivity index (χ1v) is 8.32. The van der Waals surface area contributed by atoms with Crippen LogP contribution in [0.3, 0.4) is 0 Å². The van der Waals surface area contributed by atoms with Gasteiger partial charge in [-0.15, -0.1) is 0 Å². The quantitative estimate of drug-likeness (QED) is 0.774. The fraction of sp³-hybridized carbons (Fsp3) is 0.211. The number of hydrogen-bond acceptors (Lipinski definition) is 4. The first-order valence-electron chi connectivity index (χ1n) is 8.32. The third kappa shape index (κ3) is 2.88. The summed E-state index contributed by atoms with van der Waals surface area (Å²) in [5, 5.41) is 8.35. The molecular formula is C19H17N3O4. The summed E-state index contributed by atoms with van der Waals surface area (Å²) in [5.74, 6) is -0.717. The van der Waals surface area contributed by atoms with Crippen LogP contribution in [-0.2, 0) is 14.4 Å². The molecule has 0 bridgehead atoms. The van der Waals surface area contributed by atoms with Crippen molar-refractivity contribution in [1.29, 1.82) is 0 Å². The normalized spacial score (nSPS) is 20.8. The van der Waals surface area contributed by atoms with E-state index in [4.69, 9.17) is 4.74 Å². The van der Waals surface area contributed by atoms with Gasteiger partial charge in [0.05, 0.1) is 11.6 Å². The number of rotatable bonds is 2. The van der Waals surface area contributed by atoms with Crippen molar-refractivity contribution in [2.45, 2.75) is 25.4 Å². The molecule has 0 unspecified atom stereocenters. The van der Waals surface area contributed by atoms with E-state index in [9.17, 15) is 14.4 Å². The number of para-hydroxylation sites is 1. The van der Waals surface area contributed by atoms with Crippen LogP contribution < -0.4 is 20.7 Å². The number of fused-ring (bicyclic) bond motifs is 2. The Morgan fingerprint density at radius 2 is 1.92 bits per heavy atom. The molecule has 2 aromatic carbocycles. The molecule has 0 radical (unpaired) electrons. The van der Waals surface area contributed by atoms with Gasteiger partial charge in [0, 0.05) is 17.8 Å². The van der Waals surface area contributed by atoms with E-state index in [2.05, 4.69) is 16.0 Å². The van der Waals surface area contributed by atoms with Crippen LogP contribution in [0.4, 0.5) is 17.1 Å². The van der Waals surface area contributed by atoms with E-state index in [1.165, 1.54) is 0 Å². The molecule has 0 fully saturated rings. The number of nitrogens with one attached hydrogen (secondary N) is 3. The molecule has 3 N–H and O–H groups in total. The maximum Gasteiger partial charge on any atom is 0.265 e. The first-order chi connectivity index (χ1) is 12.5. The van der Waals surface area contributed by atoms with Gasteiger partial charge < -0.3 is 20.7 Å². The number of ether oxygens (including phenoxy) is 1. The third-order valence-corrected chi connectivity index (χ3v) is 4.49. The molecule has 132 valence electrons. The lowest BCUT2D eigenvalue weighted by Crippen LogP contribution is -2.34. The summed E-state index contributed by atoms with van der Waals surface area (Å²) in [5.41, 5.74) is 2.47. The standard InChI is InChI=1S/C19H17N3O4/c1-10-18(24)22-15-8-11(6-7-16(15)26-10)20-19(25)13-9-17(23)21-14-5-3-2-4-12(13)14/h2-8,10,13H,9H2,1H3,(H,20,25)(H,21,23)(H,22,24)/t10-,13-/m1/s1. The number of anilines is 3. The molecule has 0 saturated carbocycles. The van der Waals surface area contributed by atoms with Crippen LogP contribution in [-0.4, -0.2) is 23.8 Å². The van der Waals surface area contributed by atoms with Crippen LogP contribution in [0.25, 0.3) is 0 Å². The summed E-state index contributed by atoms with van der Waals surface area (Å²) >= 11 is 0. The molecule has 3 amide bonds. The van der Waals surface area contributed by atoms with Crippen LogP contribution in [0, 0.1) is 0 Å². The van der Waals surface area contributed by atoms with Gasteiger partial charge in [0.15, 0.2) is 6.10 Å². The lowest BCUT2D eigenvalue weighted by molar-refractivity contribution is -0.123. The Balaban J connectivity index is 1.57. The molecule has 2 aliphatic heterocycles. The van der Waals surface area contributed by atoms with Gasteiger partial charge in [-0.1, -0.05) is 18.2 Å². The summed E-state index contributed by atoms with van der Waals surface area (Å²) in [7, 11) is 0. The van der Waals surface area contributed by atoms with Crippen LogP contribution in [0.2, 0.25) is 0 Å². The molecule has 2 heterocycles. The van der Waals surface area contributed by atoms with Crippen molar-refractivity contribution in [2.75, 3.05) is 16.0 Å². The molecule has 4 rings (SSSR count). The second kappa shape index (κ2) is 6.18. The zero-order valence-electron chi connectivity index (χ0n) is 14.0. The summed E-state index contributed by atoms with van der Waals surface area (Å²) < 4.78 is 5.50. The van der Waals surface area contributed by atoms with Gasteiger partial charge in [0.1, 0.15) is 5.75 Å². The molecule has 2 atom stereocenters. The van der Waals surface area contributed by atoms with E-state index >= 15 is 0 Å². The fourth-order valence-corrected chi connectivity index (χ4v) is 3.16. The van der Waals surface area contributed by atoms with E-state index in [1.807, 2.05) is 18.2 Å². The van der Waals surface area contributed by atoms with Gasteiger partial charge in [-0.3, -0.25) is 14.4 Å². The first kappa shape index (κ1) is 16.1. The molecule has 2 aliphatic rings. The Morgan fingerprint density at radius 3 is 2.77 bits per heavy atom. The topological polar surface area (TPSA) is 96.5 Å². The van der Waals surface area contributed by atoms with Crippen LogP contribution in [0.5, 0.6) is 5.75 Å². The minimum Gasteiger partial charge on any atom is -0.479 e.